The summed E-state index contributed by atoms with van der Waals surface area (Å²) in [5.74, 6) is -1.20. The maximum atomic E-state index is 13.0. The Kier molecular flexibility index (Phi) is 6.30. The molecule has 12 heteroatoms. The zero-order valence-electron chi connectivity index (χ0n) is 21.0. The van der Waals surface area contributed by atoms with E-state index in [1.807, 2.05) is 13.8 Å². The quantitative estimate of drug-likeness (QED) is 0.582. The van der Waals surface area contributed by atoms with E-state index in [9.17, 15) is 32.7 Å². The number of aliphatic hydroxyl groups is 1. The first kappa shape index (κ1) is 26.2. The van der Waals surface area contributed by atoms with Crippen LogP contribution in [0.25, 0.3) is 0 Å². The Balaban J connectivity index is 1.31. The monoisotopic (exact) mass is 531 g/mol. The molecule has 3 amide bonds. The molecule has 2 fully saturated rings. The third kappa shape index (κ3) is 4.55. The smallest absolute Gasteiger partial charge is 0.383 e. The molecule has 1 unspecified atom stereocenters. The number of imide groups is 1. The van der Waals surface area contributed by atoms with Gasteiger partial charge < -0.3 is 10.0 Å². The molecular weight excluding hydrogens is 503 g/mol. The number of aromatic nitrogens is 2. The summed E-state index contributed by atoms with van der Waals surface area (Å²) in [6.07, 6.45) is -2.54. The first-order chi connectivity index (χ1) is 17.8. The van der Waals surface area contributed by atoms with Crippen LogP contribution in [0.4, 0.5) is 13.2 Å². The minimum Gasteiger partial charge on any atom is -0.383 e. The topological polar surface area (TPSA) is 116 Å². The molecule has 3 aliphatic heterocycles. The molecule has 2 saturated heterocycles. The van der Waals surface area contributed by atoms with Gasteiger partial charge in [-0.15, -0.1) is 0 Å². The Morgan fingerprint density at radius 1 is 1.16 bits per heavy atom. The van der Waals surface area contributed by atoms with Crippen molar-refractivity contribution in [1.82, 2.24) is 25.1 Å². The highest BCUT2D eigenvalue weighted by Crippen LogP contribution is 2.46. The Hall–Kier alpha value is -3.38. The van der Waals surface area contributed by atoms with Crippen molar-refractivity contribution in [1.29, 1.82) is 0 Å². The molecule has 0 radical (unpaired) electrons. The molecule has 5 rings (SSSR count). The lowest BCUT2D eigenvalue weighted by Gasteiger charge is -2.50. The first-order valence-corrected chi connectivity index (χ1v) is 12.4. The molecule has 202 valence electrons. The lowest BCUT2D eigenvalue weighted by Crippen LogP contribution is -2.55. The van der Waals surface area contributed by atoms with Crippen LogP contribution in [-0.4, -0.2) is 61.7 Å². The number of carbonyl (C=O) groups excluding carboxylic acids is 3. The highest BCUT2D eigenvalue weighted by Gasteiger charge is 2.50. The van der Waals surface area contributed by atoms with Crippen molar-refractivity contribution in [2.45, 2.75) is 64.0 Å². The van der Waals surface area contributed by atoms with Crippen molar-refractivity contribution >= 4 is 17.7 Å². The fourth-order valence-electron chi connectivity index (χ4n) is 5.65. The van der Waals surface area contributed by atoms with Gasteiger partial charge in [-0.1, -0.05) is 19.9 Å². The molecule has 3 aliphatic rings. The van der Waals surface area contributed by atoms with Gasteiger partial charge in [-0.05, 0) is 36.6 Å². The van der Waals surface area contributed by atoms with Gasteiger partial charge in [-0.25, -0.2) is 0 Å². The number of nitrogens with zero attached hydrogens (tertiary/aromatic N) is 4. The summed E-state index contributed by atoms with van der Waals surface area (Å²) in [6.45, 7) is 5.22. The van der Waals surface area contributed by atoms with Crippen LogP contribution in [0, 0.1) is 5.41 Å². The average molecular weight is 532 g/mol. The van der Waals surface area contributed by atoms with Crippen molar-refractivity contribution in [2.75, 3.05) is 13.1 Å². The lowest BCUT2D eigenvalue weighted by molar-refractivity contribution is -0.141. The van der Waals surface area contributed by atoms with E-state index in [0.29, 0.717) is 48.6 Å². The van der Waals surface area contributed by atoms with Crippen molar-refractivity contribution in [3.63, 3.8) is 0 Å². The van der Waals surface area contributed by atoms with Crippen LogP contribution in [0.5, 0.6) is 0 Å². The second kappa shape index (κ2) is 9.12. The van der Waals surface area contributed by atoms with E-state index in [-0.39, 0.29) is 31.2 Å². The Labute approximate surface area is 217 Å². The molecule has 0 spiro atoms. The molecule has 0 aliphatic carbocycles. The molecule has 0 bridgehead atoms. The van der Waals surface area contributed by atoms with Gasteiger partial charge in [-0.3, -0.25) is 34.6 Å². The Morgan fingerprint density at radius 2 is 1.92 bits per heavy atom. The summed E-state index contributed by atoms with van der Waals surface area (Å²) in [5, 5.41) is 14.1. The fraction of sp³-hybridized carbons (Fsp3) is 0.500. The van der Waals surface area contributed by atoms with E-state index in [1.54, 1.807) is 12.1 Å². The SMILES string of the molecule is CC1(C)CN(Cc2ccc(C(F)(F)F)nc2)CC[C@]1(O)c1ccc2c(n1)CN(C1CCC(=O)NC1=O)C2=O. The number of carbonyl (C=O) groups is 3. The number of rotatable bonds is 4. The minimum absolute atomic E-state index is 0.109. The van der Waals surface area contributed by atoms with Gasteiger partial charge in [0.2, 0.25) is 11.8 Å². The standard InChI is InChI=1S/C26H28F3N5O4/c1-24(2)14-33(12-15-3-6-20(30-11-15)26(27,28)29)10-9-25(24,38)19-7-4-16-17(31-19)13-34(23(16)37)18-5-8-21(35)32-22(18)36/h3-4,6-7,11,18,38H,5,8-10,12-14H2,1-2H3,(H,32,35,36)/t18?,25-/m0/s1. The van der Waals surface area contributed by atoms with Gasteiger partial charge in [0.25, 0.3) is 5.91 Å². The molecule has 9 nitrogen and oxygen atoms in total. The number of halogens is 3. The Bertz CT molecular complexity index is 1300. The minimum atomic E-state index is -4.49. The van der Waals surface area contributed by atoms with Crippen molar-refractivity contribution in [3.8, 4) is 0 Å². The van der Waals surface area contributed by atoms with Crippen molar-refractivity contribution in [3.05, 3.63) is 58.7 Å². The van der Waals surface area contributed by atoms with Gasteiger partial charge >= 0.3 is 6.18 Å². The summed E-state index contributed by atoms with van der Waals surface area (Å²) in [4.78, 5) is 48.5. The fourth-order valence-corrected chi connectivity index (χ4v) is 5.65. The lowest BCUT2D eigenvalue weighted by atomic mass is 9.68. The maximum absolute atomic E-state index is 13.0. The number of amides is 3. The van der Waals surface area contributed by atoms with Crippen LogP contribution in [0.2, 0.25) is 0 Å². The summed E-state index contributed by atoms with van der Waals surface area (Å²) >= 11 is 0. The zero-order valence-corrected chi connectivity index (χ0v) is 21.0. The third-order valence-electron chi connectivity index (χ3n) is 7.85. The summed E-state index contributed by atoms with van der Waals surface area (Å²) in [6, 6.07) is 4.90. The first-order valence-electron chi connectivity index (χ1n) is 12.4. The zero-order chi connectivity index (χ0) is 27.5. The highest BCUT2D eigenvalue weighted by atomic mass is 19.4. The van der Waals surface area contributed by atoms with Crippen LogP contribution in [0.1, 0.15) is 66.1 Å². The number of likely N-dealkylation sites (tertiary alicyclic amines) is 1. The predicted octanol–water partition coefficient (Wildman–Crippen LogP) is 2.38. The van der Waals surface area contributed by atoms with Crippen LogP contribution in [0.15, 0.2) is 30.5 Å². The molecule has 5 heterocycles. The third-order valence-corrected chi connectivity index (χ3v) is 7.85. The van der Waals surface area contributed by atoms with Crippen molar-refractivity contribution in [2.24, 2.45) is 5.41 Å². The van der Waals surface area contributed by atoms with E-state index in [4.69, 9.17) is 0 Å². The van der Waals surface area contributed by atoms with E-state index in [2.05, 4.69) is 20.2 Å². The van der Waals surface area contributed by atoms with Crippen LogP contribution in [-0.2, 0) is 34.5 Å². The molecule has 2 aromatic heterocycles. The second-order valence-corrected chi connectivity index (χ2v) is 10.8. The highest BCUT2D eigenvalue weighted by molar-refractivity contribution is 6.05. The number of piperidine rings is 2. The molecule has 2 aromatic rings. The normalized spacial score (nSPS) is 25.9. The number of hydrogen-bond acceptors (Lipinski definition) is 7. The van der Waals surface area contributed by atoms with Gasteiger partial charge in [0.15, 0.2) is 0 Å². The molecule has 38 heavy (non-hydrogen) atoms. The summed E-state index contributed by atoms with van der Waals surface area (Å²) < 4.78 is 38.5. The number of fused-ring (bicyclic) bond motifs is 1. The molecule has 2 atom stereocenters. The summed E-state index contributed by atoms with van der Waals surface area (Å²) in [5.41, 5.74) is -1.03. The van der Waals surface area contributed by atoms with Gasteiger partial charge in [0.1, 0.15) is 17.3 Å². The van der Waals surface area contributed by atoms with Gasteiger partial charge in [0, 0.05) is 37.7 Å². The molecular formula is C26H28F3N5O4. The summed E-state index contributed by atoms with van der Waals surface area (Å²) in [7, 11) is 0. The van der Waals surface area contributed by atoms with E-state index in [1.165, 1.54) is 17.2 Å². The number of hydrogen-bond donors (Lipinski definition) is 2. The van der Waals surface area contributed by atoms with Gasteiger partial charge in [0.05, 0.1) is 23.5 Å². The largest absolute Gasteiger partial charge is 0.433 e. The Morgan fingerprint density at radius 3 is 2.55 bits per heavy atom. The molecule has 0 saturated carbocycles. The van der Waals surface area contributed by atoms with Crippen LogP contribution >= 0.6 is 0 Å². The van der Waals surface area contributed by atoms with Crippen LogP contribution in [0.3, 0.4) is 0 Å². The second-order valence-electron chi connectivity index (χ2n) is 10.8. The number of pyridine rings is 2. The maximum Gasteiger partial charge on any atom is 0.433 e. The molecule has 2 N–H and O–H groups in total. The number of alkyl halides is 3. The van der Waals surface area contributed by atoms with Gasteiger partial charge in [-0.2, -0.15) is 13.2 Å². The van der Waals surface area contributed by atoms with Crippen molar-refractivity contribution < 1.29 is 32.7 Å². The predicted molar refractivity (Wildman–Crippen MR) is 127 cm³/mol. The van der Waals surface area contributed by atoms with E-state index in [0.717, 1.165) is 6.07 Å². The van der Waals surface area contributed by atoms with E-state index >= 15 is 0 Å². The average Bonchev–Trinajstić information content (AvgIpc) is 3.16. The molecule has 0 aromatic carbocycles. The number of nitrogens with one attached hydrogen (secondary N) is 1. The van der Waals surface area contributed by atoms with Crippen LogP contribution < -0.4 is 5.32 Å². The van der Waals surface area contributed by atoms with E-state index < -0.39 is 34.8 Å².